The van der Waals surface area contributed by atoms with Gasteiger partial charge in [-0.25, -0.2) is 9.37 Å². The Kier molecular flexibility index (Phi) is 7.50. The molecule has 0 fully saturated rings. The first-order valence-corrected chi connectivity index (χ1v) is 12.1. The van der Waals surface area contributed by atoms with Crippen molar-refractivity contribution in [2.24, 2.45) is 0 Å². The molecule has 1 heterocycles. The van der Waals surface area contributed by atoms with E-state index >= 15 is 0 Å². The average molecular weight is 474 g/mol. The van der Waals surface area contributed by atoms with E-state index in [0.717, 1.165) is 28.4 Å². The van der Waals surface area contributed by atoms with Gasteiger partial charge in [-0.05, 0) is 67.3 Å². The normalized spacial score (nSPS) is 11.1. The zero-order chi connectivity index (χ0) is 24.1. The standard InChI is InChI=1S/C28H28FN3OS/c1-19-4-7-22(8-5-19)15-32(16-23-9-11-24(29)12-10-23)17-27-31-26(18-34-27)28(33)30-25-13-6-20(2)21(3)14-25/h4-14,18H,15-17H2,1-3H3,(H,30,33). The van der Waals surface area contributed by atoms with Gasteiger partial charge < -0.3 is 5.32 Å². The molecule has 0 aliphatic heterocycles. The van der Waals surface area contributed by atoms with Crippen LogP contribution in [-0.4, -0.2) is 15.8 Å². The number of aromatic nitrogens is 1. The van der Waals surface area contributed by atoms with E-state index in [0.29, 0.717) is 18.8 Å². The maximum atomic E-state index is 13.4. The van der Waals surface area contributed by atoms with E-state index in [4.69, 9.17) is 0 Å². The van der Waals surface area contributed by atoms with Gasteiger partial charge in [0.05, 0.1) is 6.54 Å². The Labute approximate surface area is 204 Å². The van der Waals surface area contributed by atoms with E-state index in [1.165, 1.54) is 40.2 Å². The van der Waals surface area contributed by atoms with Gasteiger partial charge in [-0.1, -0.05) is 48.0 Å². The average Bonchev–Trinajstić information content (AvgIpc) is 3.28. The van der Waals surface area contributed by atoms with E-state index in [1.54, 1.807) is 5.38 Å². The molecule has 0 aliphatic carbocycles. The highest BCUT2D eigenvalue weighted by molar-refractivity contribution is 7.09. The molecule has 6 heteroatoms. The van der Waals surface area contributed by atoms with Gasteiger partial charge in [0.2, 0.25) is 0 Å². The van der Waals surface area contributed by atoms with Crippen LogP contribution in [-0.2, 0) is 19.6 Å². The number of hydrogen-bond donors (Lipinski definition) is 1. The summed E-state index contributed by atoms with van der Waals surface area (Å²) in [6.07, 6.45) is 0. The summed E-state index contributed by atoms with van der Waals surface area (Å²) in [7, 11) is 0. The molecule has 3 aromatic carbocycles. The van der Waals surface area contributed by atoms with Crippen LogP contribution in [0.25, 0.3) is 0 Å². The molecule has 34 heavy (non-hydrogen) atoms. The molecule has 1 N–H and O–H groups in total. The number of thiazole rings is 1. The summed E-state index contributed by atoms with van der Waals surface area (Å²) < 4.78 is 13.4. The zero-order valence-corrected chi connectivity index (χ0v) is 20.5. The summed E-state index contributed by atoms with van der Waals surface area (Å²) in [6, 6.07) is 20.9. The molecular formula is C28H28FN3OS. The Morgan fingerprint density at radius 1 is 0.882 bits per heavy atom. The fraction of sp³-hybridized carbons (Fsp3) is 0.214. The van der Waals surface area contributed by atoms with Crippen LogP contribution in [0.4, 0.5) is 10.1 Å². The Balaban J connectivity index is 1.47. The number of carbonyl (C=O) groups excluding carboxylic acids is 1. The second-order valence-electron chi connectivity index (χ2n) is 8.64. The lowest BCUT2D eigenvalue weighted by Crippen LogP contribution is -2.22. The van der Waals surface area contributed by atoms with Crippen molar-refractivity contribution in [3.63, 3.8) is 0 Å². The van der Waals surface area contributed by atoms with E-state index in [9.17, 15) is 9.18 Å². The van der Waals surface area contributed by atoms with Gasteiger partial charge in [-0.15, -0.1) is 11.3 Å². The molecule has 4 aromatic rings. The summed E-state index contributed by atoms with van der Waals surface area (Å²) in [5.41, 5.74) is 6.92. The molecule has 4 rings (SSSR count). The number of anilines is 1. The molecule has 0 unspecified atom stereocenters. The van der Waals surface area contributed by atoms with Gasteiger partial charge in [0.25, 0.3) is 5.91 Å². The quantitative estimate of drug-likeness (QED) is 0.311. The minimum Gasteiger partial charge on any atom is -0.321 e. The largest absolute Gasteiger partial charge is 0.321 e. The van der Waals surface area contributed by atoms with Crippen LogP contribution in [0.2, 0.25) is 0 Å². The summed E-state index contributed by atoms with van der Waals surface area (Å²) in [6.45, 7) is 8.10. The van der Waals surface area contributed by atoms with Crippen LogP contribution in [0.1, 0.15) is 43.3 Å². The first kappa shape index (κ1) is 23.8. The molecule has 0 spiro atoms. The minimum absolute atomic E-state index is 0.214. The van der Waals surface area contributed by atoms with Crippen LogP contribution in [0.5, 0.6) is 0 Å². The van der Waals surface area contributed by atoms with Crippen molar-refractivity contribution < 1.29 is 9.18 Å². The van der Waals surface area contributed by atoms with Crippen molar-refractivity contribution in [2.45, 2.75) is 40.4 Å². The minimum atomic E-state index is -0.242. The van der Waals surface area contributed by atoms with Crippen molar-refractivity contribution >= 4 is 22.9 Å². The van der Waals surface area contributed by atoms with Gasteiger partial charge in [-0.3, -0.25) is 9.69 Å². The number of nitrogens with zero attached hydrogens (tertiary/aromatic N) is 2. The monoisotopic (exact) mass is 473 g/mol. The van der Waals surface area contributed by atoms with Crippen molar-refractivity contribution in [3.05, 3.63) is 116 Å². The highest BCUT2D eigenvalue weighted by atomic mass is 32.1. The summed E-state index contributed by atoms with van der Waals surface area (Å²) in [4.78, 5) is 19.6. The smallest absolute Gasteiger partial charge is 0.275 e. The number of aryl methyl sites for hydroxylation is 3. The molecule has 1 amide bonds. The molecule has 0 bridgehead atoms. The number of hydrogen-bond acceptors (Lipinski definition) is 4. The zero-order valence-electron chi connectivity index (χ0n) is 19.6. The number of benzene rings is 3. The second kappa shape index (κ2) is 10.7. The van der Waals surface area contributed by atoms with Gasteiger partial charge in [-0.2, -0.15) is 0 Å². The Bertz CT molecular complexity index is 1220. The summed E-state index contributed by atoms with van der Waals surface area (Å²) in [5.74, 6) is -0.456. The van der Waals surface area contributed by atoms with Crippen LogP contribution >= 0.6 is 11.3 Å². The molecule has 0 radical (unpaired) electrons. The van der Waals surface area contributed by atoms with Gasteiger partial charge in [0, 0.05) is 24.2 Å². The summed E-state index contributed by atoms with van der Waals surface area (Å²) >= 11 is 1.47. The number of nitrogens with one attached hydrogen (secondary N) is 1. The predicted molar refractivity (Wildman–Crippen MR) is 137 cm³/mol. The van der Waals surface area contributed by atoms with E-state index in [2.05, 4.69) is 46.4 Å². The molecule has 0 atom stereocenters. The van der Waals surface area contributed by atoms with Gasteiger partial charge >= 0.3 is 0 Å². The van der Waals surface area contributed by atoms with Crippen LogP contribution in [0.15, 0.2) is 72.1 Å². The Morgan fingerprint density at radius 2 is 1.53 bits per heavy atom. The lowest BCUT2D eigenvalue weighted by atomic mass is 10.1. The third-order valence-electron chi connectivity index (χ3n) is 5.75. The van der Waals surface area contributed by atoms with Gasteiger partial charge in [0.1, 0.15) is 16.5 Å². The highest BCUT2D eigenvalue weighted by Gasteiger charge is 2.15. The number of halogens is 1. The Hall–Kier alpha value is -3.35. The molecular weight excluding hydrogens is 445 g/mol. The molecule has 0 aliphatic rings. The van der Waals surface area contributed by atoms with Crippen molar-refractivity contribution in [1.29, 1.82) is 0 Å². The van der Waals surface area contributed by atoms with E-state index in [-0.39, 0.29) is 11.7 Å². The number of amides is 1. The number of rotatable bonds is 8. The molecule has 174 valence electrons. The summed E-state index contributed by atoms with van der Waals surface area (Å²) in [5, 5.41) is 5.60. The van der Waals surface area contributed by atoms with Crippen molar-refractivity contribution in [2.75, 3.05) is 5.32 Å². The molecule has 4 nitrogen and oxygen atoms in total. The predicted octanol–water partition coefficient (Wildman–Crippen LogP) is 6.66. The first-order valence-electron chi connectivity index (χ1n) is 11.2. The van der Waals surface area contributed by atoms with Crippen molar-refractivity contribution in [1.82, 2.24) is 9.88 Å². The first-order chi connectivity index (χ1) is 16.4. The van der Waals surface area contributed by atoms with Gasteiger partial charge in [0.15, 0.2) is 0 Å². The fourth-order valence-corrected chi connectivity index (χ4v) is 4.48. The third-order valence-corrected chi connectivity index (χ3v) is 6.59. The maximum Gasteiger partial charge on any atom is 0.275 e. The highest BCUT2D eigenvalue weighted by Crippen LogP contribution is 2.20. The van der Waals surface area contributed by atoms with Crippen molar-refractivity contribution in [3.8, 4) is 0 Å². The number of carbonyl (C=O) groups is 1. The van der Waals surface area contributed by atoms with Crippen LogP contribution < -0.4 is 5.32 Å². The lowest BCUT2D eigenvalue weighted by molar-refractivity contribution is 0.102. The molecule has 0 saturated heterocycles. The Morgan fingerprint density at radius 3 is 2.18 bits per heavy atom. The molecule has 0 saturated carbocycles. The van der Waals surface area contributed by atoms with E-state index < -0.39 is 0 Å². The van der Waals surface area contributed by atoms with Crippen LogP contribution in [0.3, 0.4) is 0 Å². The van der Waals surface area contributed by atoms with E-state index in [1.807, 2.05) is 44.2 Å². The lowest BCUT2D eigenvalue weighted by Gasteiger charge is -2.21. The SMILES string of the molecule is Cc1ccc(CN(Cc2ccc(F)cc2)Cc2nc(C(=O)Nc3ccc(C)c(C)c3)cs2)cc1. The fourth-order valence-electron chi connectivity index (χ4n) is 3.66. The topological polar surface area (TPSA) is 45.2 Å². The van der Waals surface area contributed by atoms with Crippen LogP contribution in [0, 0.1) is 26.6 Å². The maximum absolute atomic E-state index is 13.4. The third kappa shape index (κ3) is 6.37. The molecule has 1 aromatic heterocycles. The second-order valence-corrected chi connectivity index (χ2v) is 9.58.